The van der Waals surface area contributed by atoms with E-state index in [1.807, 2.05) is 6.92 Å². The number of carbonyl (C=O) groups excluding carboxylic acids is 1. The number of hydrogen-bond acceptors (Lipinski definition) is 1. The SMILES string of the molecule is CCC1(NC(C)=O)CC1CC(F)F. The van der Waals surface area contributed by atoms with Crippen molar-refractivity contribution in [1.29, 1.82) is 0 Å². The molecule has 0 aromatic rings. The van der Waals surface area contributed by atoms with Gasteiger partial charge in [0.2, 0.25) is 12.3 Å². The Morgan fingerprint density at radius 1 is 1.69 bits per heavy atom. The van der Waals surface area contributed by atoms with Crippen LogP contribution in [0.25, 0.3) is 0 Å². The van der Waals surface area contributed by atoms with Crippen LogP contribution in [0.3, 0.4) is 0 Å². The summed E-state index contributed by atoms with van der Waals surface area (Å²) in [6.45, 7) is 3.34. The lowest BCUT2D eigenvalue weighted by Gasteiger charge is -2.15. The van der Waals surface area contributed by atoms with Crippen molar-refractivity contribution in [2.24, 2.45) is 5.92 Å². The summed E-state index contributed by atoms with van der Waals surface area (Å²) in [5.74, 6) is -0.153. The van der Waals surface area contributed by atoms with Gasteiger partial charge in [-0.3, -0.25) is 4.79 Å². The largest absolute Gasteiger partial charge is 0.351 e. The van der Waals surface area contributed by atoms with E-state index in [4.69, 9.17) is 0 Å². The monoisotopic (exact) mass is 191 g/mol. The first kappa shape index (κ1) is 10.4. The van der Waals surface area contributed by atoms with Crippen molar-refractivity contribution in [3.05, 3.63) is 0 Å². The molecule has 0 spiro atoms. The number of alkyl halides is 2. The van der Waals surface area contributed by atoms with Gasteiger partial charge >= 0.3 is 0 Å². The number of nitrogens with one attached hydrogen (secondary N) is 1. The van der Waals surface area contributed by atoms with Gasteiger partial charge in [0, 0.05) is 18.9 Å². The second-order valence-electron chi connectivity index (χ2n) is 3.72. The van der Waals surface area contributed by atoms with Crippen LogP contribution < -0.4 is 5.32 Å². The first-order valence-electron chi connectivity index (χ1n) is 4.57. The Labute approximate surface area is 76.7 Å². The summed E-state index contributed by atoms with van der Waals surface area (Å²) in [4.78, 5) is 10.8. The van der Waals surface area contributed by atoms with Crippen molar-refractivity contribution < 1.29 is 13.6 Å². The molecule has 0 aromatic heterocycles. The molecule has 4 heteroatoms. The van der Waals surface area contributed by atoms with Gasteiger partial charge in [0.25, 0.3) is 0 Å². The van der Waals surface area contributed by atoms with Crippen molar-refractivity contribution in [1.82, 2.24) is 5.32 Å². The fourth-order valence-corrected chi connectivity index (χ4v) is 1.93. The van der Waals surface area contributed by atoms with Gasteiger partial charge in [-0.25, -0.2) is 8.78 Å². The first-order chi connectivity index (χ1) is 6.00. The van der Waals surface area contributed by atoms with Crippen LogP contribution in [-0.4, -0.2) is 17.9 Å². The summed E-state index contributed by atoms with van der Waals surface area (Å²) in [6.07, 6.45) is -0.905. The highest BCUT2D eigenvalue weighted by Gasteiger charge is 2.53. The fraction of sp³-hybridized carbons (Fsp3) is 0.889. The standard InChI is InChI=1S/C9H15F2NO/c1-3-9(12-6(2)13)5-7(9)4-8(10)11/h7-8H,3-5H2,1-2H3,(H,12,13). The Kier molecular flexibility index (Phi) is 2.88. The summed E-state index contributed by atoms with van der Waals surface area (Å²) in [5.41, 5.74) is -0.317. The Balaban J connectivity index is 2.43. The lowest BCUT2D eigenvalue weighted by molar-refractivity contribution is -0.120. The van der Waals surface area contributed by atoms with Crippen LogP contribution in [0.5, 0.6) is 0 Å². The maximum absolute atomic E-state index is 12.0. The molecule has 0 saturated heterocycles. The quantitative estimate of drug-likeness (QED) is 0.723. The van der Waals surface area contributed by atoms with Crippen LogP contribution in [0, 0.1) is 5.92 Å². The van der Waals surface area contributed by atoms with Crippen LogP contribution in [-0.2, 0) is 4.79 Å². The average Bonchev–Trinajstić information content (AvgIpc) is 2.61. The van der Waals surface area contributed by atoms with E-state index in [1.165, 1.54) is 6.92 Å². The zero-order chi connectivity index (χ0) is 10.1. The molecule has 1 N–H and O–H groups in total. The third-order valence-corrected chi connectivity index (χ3v) is 2.75. The summed E-state index contributed by atoms with van der Waals surface area (Å²) >= 11 is 0. The maximum atomic E-state index is 12.0. The van der Waals surface area contributed by atoms with Gasteiger partial charge in [0.1, 0.15) is 0 Å². The van der Waals surface area contributed by atoms with E-state index in [1.54, 1.807) is 0 Å². The van der Waals surface area contributed by atoms with Gasteiger partial charge < -0.3 is 5.32 Å². The van der Waals surface area contributed by atoms with Crippen molar-refractivity contribution in [2.75, 3.05) is 0 Å². The zero-order valence-corrected chi connectivity index (χ0v) is 7.94. The summed E-state index contributed by atoms with van der Waals surface area (Å²) in [7, 11) is 0. The van der Waals surface area contributed by atoms with Crippen molar-refractivity contribution in [3.63, 3.8) is 0 Å². The highest BCUT2D eigenvalue weighted by atomic mass is 19.3. The molecule has 1 fully saturated rings. The van der Waals surface area contributed by atoms with Crippen LogP contribution in [0.2, 0.25) is 0 Å². The van der Waals surface area contributed by atoms with Gasteiger partial charge in [-0.2, -0.15) is 0 Å². The predicted octanol–water partition coefficient (Wildman–Crippen LogP) is 1.95. The van der Waals surface area contributed by atoms with Gasteiger partial charge in [-0.1, -0.05) is 6.92 Å². The van der Waals surface area contributed by atoms with Crippen LogP contribution >= 0.6 is 0 Å². The maximum Gasteiger partial charge on any atom is 0.239 e. The summed E-state index contributed by atoms with van der Waals surface area (Å²) < 4.78 is 24.1. The number of halogens is 2. The molecule has 1 rings (SSSR count). The highest BCUT2D eigenvalue weighted by molar-refractivity contribution is 5.74. The topological polar surface area (TPSA) is 29.1 Å². The molecule has 1 amide bonds. The molecular weight excluding hydrogens is 176 g/mol. The van der Waals surface area contributed by atoms with E-state index in [0.29, 0.717) is 6.42 Å². The molecule has 1 saturated carbocycles. The number of amides is 1. The average molecular weight is 191 g/mol. The molecular formula is C9H15F2NO. The molecule has 13 heavy (non-hydrogen) atoms. The second-order valence-corrected chi connectivity index (χ2v) is 3.72. The van der Waals surface area contributed by atoms with Crippen molar-refractivity contribution >= 4 is 5.91 Å². The minimum atomic E-state index is -2.26. The van der Waals surface area contributed by atoms with Crippen LogP contribution in [0.4, 0.5) is 8.78 Å². The minimum absolute atomic E-state index is 0.0265. The van der Waals surface area contributed by atoms with Crippen molar-refractivity contribution in [3.8, 4) is 0 Å². The smallest absolute Gasteiger partial charge is 0.239 e. The molecule has 0 aliphatic heterocycles. The molecule has 0 heterocycles. The van der Waals surface area contributed by atoms with Gasteiger partial charge in [-0.05, 0) is 18.8 Å². The predicted molar refractivity (Wildman–Crippen MR) is 45.6 cm³/mol. The lowest BCUT2D eigenvalue weighted by Crippen LogP contribution is -2.36. The van der Waals surface area contributed by atoms with Crippen molar-refractivity contribution in [2.45, 2.75) is 45.1 Å². The Bertz CT molecular complexity index is 208. The third kappa shape index (κ3) is 2.39. The van der Waals surface area contributed by atoms with Crippen LogP contribution in [0.1, 0.15) is 33.1 Å². The molecule has 0 bridgehead atoms. The molecule has 0 radical (unpaired) electrons. The van der Waals surface area contributed by atoms with E-state index >= 15 is 0 Å². The summed E-state index contributed by atoms with van der Waals surface area (Å²) in [6, 6.07) is 0. The minimum Gasteiger partial charge on any atom is -0.351 e. The molecule has 76 valence electrons. The fourth-order valence-electron chi connectivity index (χ4n) is 1.93. The number of rotatable bonds is 4. The van der Waals surface area contributed by atoms with E-state index in [9.17, 15) is 13.6 Å². The molecule has 2 nitrogen and oxygen atoms in total. The van der Waals surface area contributed by atoms with E-state index in [0.717, 1.165) is 6.42 Å². The molecule has 2 unspecified atom stereocenters. The van der Waals surface area contributed by atoms with Gasteiger partial charge in [-0.15, -0.1) is 0 Å². The Morgan fingerprint density at radius 2 is 2.31 bits per heavy atom. The van der Waals surface area contributed by atoms with E-state index < -0.39 is 6.43 Å². The normalized spacial score (nSPS) is 31.9. The van der Waals surface area contributed by atoms with E-state index in [2.05, 4.69) is 5.32 Å². The summed E-state index contributed by atoms with van der Waals surface area (Å²) in [5, 5.41) is 2.76. The Hall–Kier alpha value is -0.670. The van der Waals surface area contributed by atoms with Gasteiger partial charge in [0.15, 0.2) is 0 Å². The highest BCUT2D eigenvalue weighted by Crippen LogP contribution is 2.49. The molecule has 0 aromatic carbocycles. The Morgan fingerprint density at radius 3 is 2.69 bits per heavy atom. The zero-order valence-electron chi connectivity index (χ0n) is 7.94. The lowest BCUT2D eigenvalue weighted by atomic mass is 10.1. The van der Waals surface area contributed by atoms with Gasteiger partial charge in [0.05, 0.1) is 0 Å². The molecule has 1 aliphatic rings. The third-order valence-electron chi connectivity index (χ3n) is 2.75. The van der Waals surface area contributed by atoms with Crippen LogP contribution in [0.15, 0.2) is 0 Å². The number of hydrogen-bond donors (Lipinski definition) is 1. The number of carbonyl (C=O) groups is 1. The molecule has 1 aliphatic carbocycles. The molecule has 2 atom stereocenters. The van der Waals surface area contributed by atoms with E-state index in [-0.39, 0.29) is 23.8 Å². The first-order valence-corrected chi connectivity index (χ1v) is 4.57. The second kappa shape index (κ2) is 3.60.